The van der Waals surface area contributed by atoms with Crippen LogP contribution in [0.3, 0.4) is 0 Å². The topological polar surface area (TPSA) is 85.8 Å². The summed E-state index contributed by atoms with van der Waals surface area (Å²) in [4.78, 5) is 16.5. The summed E-state index contributed by atoms with van der Waals surface area (Å²) < 4.78 is 7.75. The minimum atomic E-state index is -0.0942. The number of benzene rings is 2. The summed E-state index contributed by atoms with van der Waals surface area (Å²) in [5.74, 6) is 1.79. The third-order valence-corrected chi connectivity index (χ3v) is 4.85. The lowest BCUT2D eigenvalue weighted by Gasteiger charge is -2.08. The van der Waals surface area contributed by atoms with Gasteiger partial charge in [0.2, 0.25) is 17.7 Å². The molecule has 30 heavy (non-hydrogen) atoms. The van der Waals surface area contributed by atoms with Crippen LogP contribution in [0.2, 0.25) is 0 Å². The zero-order valence-electron chi connectivity index (χ0n) is 17.0. The van der Waals surface area contributed by atoms with Crippen molar-refractivity contribution in [2.24, 2.45) is 0 Å². The highest BCUT2D eigenvalue weighted by molar-refractivity contribution is 5.90. The quantitative estimate of drug-likeness (QED) is 0.502. The number of carbonyl (C=O) groups is 1. The number of rotatable bonds is 7. The largest absolute Gasteiger partial charge is 0.421 e. The number of anilines is 1. The maximum atomic E-state index is 12.3. The lowest BCUT2D eigenvalue weighted by atomic mass is 10.1. The Labute approximate surface area is 174 Å². The van der Waals surface area contributed by atoms with Crippen LogP contribution in [0.25, 0.3) is 11.5 Å². The first-order valence-corrected chi connectivity index (χ1v) is 9.83. The van der Waals surface area contributed by atoms with E-state index in [0.717, 1.165) is 29.2 Å². The summed E-state index contributed by atoms with van der Waals surface area (Å²) in [5, 5.41) is 11.0. The van der Waals surface area contributed by atoms with E-state index in [2.05, 4.69) is 25.1 Å². The van der Waals surface area contributed by atoms with E-state index in [0.29, 0.717) is 18.2 Å². The van der Waals surface area contributed by atoms with Crippen molar-refractivity contribution in [2.75, 3.05) is 5.32 Å². The molecule has 0 radical (unpaired) electrons. The van der Waals surface area contributed by atoms with Crippen LogP contribution in [0.1, 0.15) is 29.3 Å². The molecule has 0 unspecified atom stereocenters. The van der Waals surface area contributed by atoms with Gasteiger partial charge in [-0.05, 0) is 43.7 Å². The third kappa shape index (κ3) is 4.81. The van der Waals surface area contributed by atoms with Crippen LogP contribution in [0.15, 0.2) is 65.3 Å². The van der Waals surface area contributed by atoms with E-state index in [4.69, 9.17) is 4.42 Å². The Bertz CT molecular complexity index is 1130. The van der Waals surface area contributed by atoms with Crippen molar-refractivity contribution < 1.29 is 9.21 Å². The van der Waals surface area contributed by atoms with Gasteiger partial charge >= 0.3 is 0 Å². The number of carbonyl (C=O) groups excluding carboxylic acids is 1. The molecule has 0 aliphatic heterocycles. The summed E-state index contributed by atoms with van der Waals surface area (Å²) in [6, 6.07) is 15.7. The second-order valence-corrected chi connectivity index (χ2v) is 7.21. The smallest absolute Gasteiger partial charge is 0.247 e. The fourth-order valence-electron chi connectivity index (χ4n) is 3.07. The second kappa shape index (κ2) is 8.73. The van der Waals surface area contributed by atoms with Gasteiger partial charge in [0.25, 0.3) is 0 Å². The van der Waals surface area contributed by atoms with Gasteiger partial charge in [-0.1, -0.05) is 29.8 Å². The molecule has 2 heterocycles. The van der Waals surface area contributed by atoms with Gasteiger partial charge in [0, 0.05) is 43.0 Å². The minimum absolute atomic E-state index is 0.0942. The van der Waals surface area contributed by atoms with E-state index < -0.39 is 0 Å². The number of imidazole rings is 1. The van der Waals surface area contributed by atoms with E-state index in [1.165, 1.54) is 5.56 Å². The maximum absolute atomic E-state index is 12.3. The summed E-state index contributed by atoms with van der Waals surface area (Å²) >= 11 is 0. The first-order valence-electron chi connectivity index (χ1n) is 9.83. The fraction of sp³-hybridized carbons (Fsp3) is 0.217. The molecule has 7 nitrogen and oxygen atoms in total. The summed E-state index contributed by atoms with van der Waals surface area (Å²) in [7, 11) is 0. The first kappa shape index (κ1) is 19.6. The van der Waals surface area contributed by atoms with Crippen molar-refractivity contribution in [2.45, 2.75) is 33.2 Å². The molecule has 4 rings (SSSR count). The van der Waals surface area contributed by atoms with Crippen molar-refractivity contribution >= 4 is 11.6 Å². The van der Waals surface area contributed by atoms with Gasteiger partial charge in [-0.3, -0.25) is 4.79 Å². The Hall–Kier alpha value is -3.74. The van der Waals surface area contributed by atoms with Gasteiger partial charge in [-0.25, -0.2) is 4.98 Å². The van der Waals surface area contributed by atoms with Crippen LogP contribution >= 0.6 is 0 Å². The lowest BCUT2D eigenvalue weighted by molar-refractivity contribution is -0.116. The third-order valence-electron chi connectivity index (χ3n) is 4.85. The van der Waals surface area contributed by atoms with E-state index in [1.807, 2.05) is 68.6 Å². The summed E-state index contributed by atoms with van der Waals surface area (Å²) in [6.07, 6.45) is 4.40. The van der Waals surface area contributed by atoms with Crippen LogP contribution in [0.4, 0.5) is 5.69 Å². The fourth-order valence-corrected chi connectivity index (χ4v) is 3.07. The SMILES string of the molecule is Cc1ccc(-c2nnc(CCC(=O)Nc3ccc(Cn4ccnc4C)cc3)o2)cc1. The summed E-state index contributed by atoms with van der Waals surface area (Å²) in [6.45, 7) is 4.75. The molecular weight excluding hydrogens is 378 g/mol. The van der Waals surface area contributed by atoms with Crippen molar-refractivity contribution in [3.63, 3.8) is 0 Å². The van der Waals surface area contributed by atoms with E-state index in [1.54, 1.807) is 6.20 Å². The molecule has 1 amide bonds. The molecular formula is C23H23N5O2. The van der Waals surface area contributed by atoms with Gasteiger partial charge < -0.3 is 14.3 Å². The Balaban J connectivity index is 1.29. The van der Waals surface area contributed by atoms with Gasteiger partial charge in [0.15, 0.2) is 0 Å². The Morgan fingerprint density at radius 2 is 1.80 bits per heavy atom. The van der Waals surface area contributed by atoms with Crippen molar-refractivity contribution in [3.8, 4) is 11.5 Å². The molecule has 0 atom stereocenters. The Kier molecular flexibility index (Phi) is 5.70. The first-order chi connectivity index (χ1) is 14.6. The second-order valence-electron chi connectivity index (χ2n) is 7.21. The van der Waals surface area contributed by atoms with E-state index in [9.17, 15) is 4.79 Å². The molecule has 7 heteroatoms. The van der Waals surface area contributed by atoms with E-state index >= 15 is 0 Å². The number of nitrogens with zero attached hydrogens (tertiary/aromatic N) is 4. The zero-order valence-corrected chi connectivity index (χ0v) is 17.0. The highest BCUT2D eigenvalue weighted by Crippen LogP contribution is 2.19. The van der Waals surface area contributed by atoms with Gasteiger partial charge in [0.05, 0.1) is 0 Å². The van der Waals surface area contributed by atoms with Crippen LogP contribution in [-0.4, -0.2) is 25.7 Å². The number of aryl methyl sites for hydroxylation is 3. The molecule has 0 saturated carbocycles. The number of amides is 1. The van der Waals surface area contributed by atoms with Gasteiger partial charge in [-0.2, -0.15) is 0 Å². The van der Waals surface area contributed by atoms with Gasteiger partial charge in [0.1, 0.15) is 5.82 Å². The van der Waals surface area contributed by atoms with E-state index in [-0.39, 0.29) is 12.3 Å². The highest BCUT2D eigenvalue weighted by atomic mass is 16.4. The van der Waals surface area contributed by atoms with Gasteiger partial charge in [-0.15, -0.1) is 10.2 Å². The van der Waals surface area contributed by atoms with Crippen molar-refractivity contribution in [1.82, 2.24) is 19.7 Å². The van der Waals surface area contributed by atoms with Crippen LogP contribution in [0.5, 0.6) is 0 Å². The molecule has 4 aromatic rings. The molecule has 0 bridgehead atoms. The number of aromatic nitrogens is 4. The predicted octanol–water partition coefficient (Wildman–Crippen LogP) is 4.17. The molecule has 0 spiro atoms. The normalized spacial score (nSPS) is 10.9. The molecule has 152 valence electrons. The Morgan fingerprint density at radius 1 is 1.03 bits per heavy atom. The molecule has 2 aromatic heterocycles. The zero-order chi connectivity index (χ0) is 20.9. The maximum Gasteiger partial charge on any atom is 0.247 e. The molecule has 2 aromatic carbocycles. The number of nitrogens with one attached hydrogen (secondary N) is 1. The molecule has 0 aliphatic rings. The van der Waals surface area contributed by atoms with Crippen LogP contribution in [-0.2, 0) is 17.8 Å². The van der Waals surface area contributed by atoms with Crippen molar-refractivity contribution in [1.29, 1.82) is 0 Å². The average Bonchev–Trinajstić information content (AvgIpc) is 3.38. The monoisotopic (exact) mass is 401 g/mol. The molecule has 0 saturated heterocycles. The lowest BCUT2D eigenvalue weighted by Crippen LogP contribution is -2.12. The van der Waals surface area contributed by atoms with Crippen molar-refractivity contribution in [3.05, 3.63) is 83.8 Å². The average molecular weight is 401 g/mol. The highest BCUT2D eigenvalue weighted by Gasteiger charge is 2.11. The minimum Gasteiger partial charge on any atom is -0.421 e. The summed E-state index contributed by atoms with van der Waals surface area (Å²) in [5.41, 5.74) is 3.94. The van der Waals surface area contributed by atoms with Crippen LogP contribution in [0, 0.1) is 13.8 Å². The molecule has 0 fully saturated rings. The number of hydrogen-bond acceptors (Lipinski definition) is 5. The molecule has 0 aliphatic carbocycles. The molecule has 1 N–H and O–H groups in total. The number of hydrogen-bond donors (Lipinski definition) is 1. The Morgan fingerprint density at radius 3 is 2.50 bits per heavy atom. The predicted molar refractivity (Wildman–Crippen MR) is 114 cm³/mol. The standard InChI is InChI=1S/C23H23N5O2/c1-16-3-7-19(8-4-16)23-27-26-22(30-23)12-11-21(29)25-20-9-5-18(6-10-20)15-28-14-13-24-17(28)2/h3-10,13-14H,11-12,15H2,1-2H3,(H,25,29). The van der Waals surface area contributed by atoms with Crippen LogP contribution < -0.4 is 5.32 Å².